The van der Waals surface area contributed by atoms with Gasteiger partial charge in [0.1, 0.15) is 0 Å². The topological polar surface area (TPSA) is 140 Å². The van der Waals surface area contributed by atoms with E-state index in [9.17, 15) is 15.0 Å². The summed E-state index contributed by atoms with van der Waals surface area (Å²) in [6.45, 7) is 1.62. The van der Waals surface area contributed by atoms with Gasteiger partial charge in [-0.2, -0.15) is 4.99 Å². The Hall–Kier alpha value is -4.46. The minimum Gasteiger partial charge on any atom is -0.504 e. The van der Waals surface area contributed by atoms with Gasteiger partial charge in [0.15, 0.2) is 29.0 Å². The summed E-state index contributed by atoms with van der Waals surface area (Å²) in [6.07, 6.45) is 1.69. The Morgan fingerprint density at radius 3 is 1.94 bits per heavy atom. The highest BCUT2D eigenvalue weighted by Crippen LogP contribution is 2.37. The average Bonchev–Trinajstić information content (AvgIpc) is 2.79. The van der Waals surface area contributed by atoms with Crippen molar-refractivity contribution in [3.8, 4) is 45.3 Å². The van der Waals surface area contributed by atoms with Crippen LogP contribution in [0.5, 0.6) is 23.0 Å². The van der Waals surface area contributed by atoms with Gasteiger partial charge in [0.05, 0.1) is 14.2 Å². The van der Waals surface area contributed by atoms with Crippen molar-refractivity contribution in [1.82, 2.24) is 0 Å². The van der Waals surface area contributed by atoms with Crippen molar-refractivity contribution in [1.29, 1.82) is 0 Å². The Labute approximate surface area is 191 Å². The number of hydrogen-bond donors (Lipinski definition) is 4. The molecule has 0 aliphatic heterocycles. The highest BCUT2D eigenvalue weighted by Gasteiger charge is 2.13. The number of rotatable bonds is 6. The predicted octanol–water partition coefficient (Wildman–Crippen LogP) is 3.65. The first-order chi connectivity index (χ1) is 15.7. The lowest BCUT2D eigenvalue weighted by Gasteiger charge is -2.13. The smallest absolute Gasteiger partial charge is 0.275 e. The third-order valence-electron chi connectivity index (χ3n) is 5.00. The molecule has 33 heavy (non-hydrogen) atoms. The Bertz CT molecular complexity index is 1260. The second-order valence-electron chi connectivity index (χ2n) is 7.24. The standard InChI is InChI=1S/C25H25N3O5/c1-14(24(31)28-25(26)27)10-17-5-4-15(16-6-8-20(29)22(12-16)32-2)11-19(17)18-7-9-21(30)23(13-18)33-3/h4-13,29-30H,1-3H3,(H4,26,27,28,31). The van der Waals surface area contributed by atoms with Gasteiger partial charge in [-0.05, 0) is 71.1 Å². The highest BCUT2D eigenvalue weighted by molar-refractivity contribution is 6.04. The normalized spacial score (nSPS) is 11.1. The lowest BCUT2D eigenvalue weighted by molar-refractivity contribution is -0.114. The van der Waals surface area contributed by atoms with Gasteiger partial charge in [-0.3, -0.25) is 4.79 Å². The van der Waals surface area contributed by atoms with E-state index in [0.29, 0.717) is 17.1 Å². The third kappa shape index (κ3) is 5.24. The molecule has 3 aromatic carbocycles. The van der Waals surface area contributed by atoms with E-state index in [0.717, 1.165) is 27.8 Å². The van der Waals surface area contributed by atoms with E-state index in [1.54, 1.807) is 43.3 Å². The van der Waals surface area contributed by atoms with Crippen LogP contribution in [-0.2, 0) is 4.79 Å². The fourth-order valence-corrected chi connectivity index (χ4v) is 3.31. The Morgan fingerprint density at radius 2 is 1.36 bits per heavy atom. The van der Waals surface area contributed by atoms with Crippen molar-refractivity contribution in [3.63, 3.8) is 0 Å². The zero-order valence-corrected chi connectivity index (χ0v) is 18.5. The fraction of sp³-hybridized carbons (Fsp3) is 0.120. The molecule has 0 heterocycles. The number of nitrogens with zero attached hydrogens (tertiary/aromatic N) is 1. The maximum atomic E-state index is 12.2. The van der Waals surface area contributed by atoms with Crippen LogP contribution in [0.1, 0.15) is 12.5 Å². The molecule has 0 fully saturated rings. The number of hydrogen-bond acceptors (Lipinski definition) is 5. The third-order valence-corrected chi connectivity index (χ3v) is 5.00. The summed E-state index contributed by atoms with van der Waals surface area (Å²) in [6, 6.07) is 15.7. The zero-order chi connectivity index (χ0) is 24.1. The molecule has 0 radical (unpaired) electrons. The van der Waals surface area contributed by atoms with E-state index in [2.05, 4.69) is 4.99 Å². The summed E-state index contributed by atoms with van der Waals surface area (Å²) in [5.74, 6) is -0.144. The molecule has 3 aromatic rings. The second-order valence-corrected chi connectivity index (χ2v) is 7.24. The average molecular weight is 447 g/mol. The number of aliphatic imine (C=N–C) groups is 1. The minimum atomic E-state index is -0.545. The maximum Gasteiger partial charge on any atom is 0.275 e. The molecule has 170 valence electrons. The lowest BCUT2D eigenvalue weighted by Crippen LogP contribution is -2.24. The van der Waals surface area contributed by atoms with Crippen LogP contribution < -0.4 is 20.9 Å². The van der Waals surface area contributed by atoms with E-state index >= 15 is 0 Å². The molecule has 0 unspecified atom stereocenters. The number of amides is 1. The number of methoxy groups -OCH3 is 2. The van der Waals surface area contributed by atoms with Crippen molar-refractivity contribution < 1.29 is 24.5 Å². The first-order valence-corrected chi connectivity index (χ1v) is 9.94. The van der Waals surface area contributed by atoms with E-state index < -0.39 is 5.91 Å². The summed E-state index contributed by atoms with van der Waals surface area (Å²) < 4.78 is 10.5. The Kier molecular flexibility index (Phi) is 6.88. The summed E-state index contributed by atoms with van der Waals surface area (Å²) in [5.41, 5.74) is 14.9. The summed E-state index contributed by atoms with van der Waals surface area (Å²) in [5, 5.41) is 19.9. The number of phenols is 2. The molecule has 0 aromatic heterocycles. The van der Waals surface area contributed by atoms with Crippen LogP contribution >= 0.6 is 0 Å². The number of benzene rings is 3. The number of nitrogens with two attached hydrogens (primary N) is 2. The van der Waals surface area contributed by atoms with Crippen LogP contribution in [0.25, 0.3) is 28.3 Å². The molecule has 8 heteroatoms. The Balaban J connectivity index is 2.20. The molecule has 6 N–H and O–H groups in total. The van der Waals surface area contributed by atoms with E-state index in [4.69, 9.17) is 20.9 Å². The van der Waals surface area contributed by atoms with Crippen molar-refractivity contribution >= 4 is 17.9 Å². The summed E-state index contributed by atoms with van der Waals surface area (Å²) in [7, 11) is 2.95. The molecule has 0 spiro atoms. The van der Waals surface area contributed by atoms with Gasteiger partial charge in [-0.1, -0.05) is 24.3 Å². The first kappa shape index (κ1) is 23.2. The summed E-state index contributed by atoms with van der Waals surface area (Å²) in [4.78, 5) is 15.8. The second kappa shape index (κ2) is 9.78. The van der Waals surface area contributed by atoms with Crippen LogP contribution in [0.15, 0.2) is 65.2 Å². The zero-order valence-electron chi connectivity index (χ0n) is 18.5. The minimum absolute atomic E-state index is 0.0110. The molecule has 0 saturated heterocycles. The molecule has 0 atom stereocenters. The van der Waals surface area contributed by atoms with Crippen molar-refractivity contribution in [2.45, 2.75) is 6.92 Å². The lowest BCUT2D eigenvalue weighted by atomic mass is 9.93. The highest BCUT2D eigenvalue weighted by atomic mass is 16.5. The van der Waals surface area contributed by atoms with Gasteiger partial charge >= 0.3 is 0 Å². The largest absolute Gasteiger partial charge is 0.504 e. The fourth-order valence-electron chi connectivity index (χ4n) is 3.31. The van der Waals surface area contributed by atoms with Crippen molar-refractivity contribution in [3.05, 3.63) is 65.7 Å². The quantitative estimate of drug-likeness (QED) is 0.257. The molecule has 0 aliphatic carbocycles. The van der Waals surface area contributed by atoms with Crippen LogP contribution in [0.4, 0.5) is 0 Å². The monoisotopic (exact) mass is 447 g/mol. The maximum absolute atomic E-state index is 12.2. The van der Waals surface area contributed by atoms with Gasteiger partial charge in [0.25, 0.3) is 5.91 Å². The van der Waals surface area contributed by atoms with Crippen LogP contribution in [0.2, 0.25) is 0 Å². The van der Waals surface area contributed by atoms with Gasteiger partial charge in [0, 0.05) is 5.57 Å². The van der Waals surface area contributed by atoms with Gasteiger partial charge in [0.2, 0.25) is 0 Å². The number of aromatic hydroxyl groups is 2. The van der Waals surface area contributed by atoms with Gasteiger partial charge in [-0.25, -0.2) is 0 Å². The molecule has 8 nitrogen and oxygen atoms in total. The number of carbonyl (C=O) groups excluding carboxylic acids is 1. The number of carbonyl (C=O) groups is 1. The Morgan fingerprint density at radius 1 is 0.848 bits per heavy atom. The molecule has 0 saturated carbocycles. The molecule has 0 bridgehead atoms. The van der Waals surface area contributed by atoms with Crippen LogP contribution in [0, 0.1) is 0 Å². The van der Waals surface area contributed by atoms with E-state index in [1.165, 1.54) is 20.3 Å². The number of guanidine groups is 1. The van der Waals surface area contributed by atoms with Gasteiger partial charge in [-0.15, -0.1) is 0 Å². The predicted molar refractivity (Wildman–Crippen MR) is 128 cm³/mol. The molecule has 1 amide bonds. The molecular formula is C25H25N3O5. The van der Waals surface area contributed by atoms with Crippen LogP contribution in [-0.4, -0.2) is 36.3 Å². The molecule has 0 aliphatic rings. The van der Waals surface area contributed by atoms with Crippen LogP contribution in [0.3, 0.4) is 0 Å². The number of ether oxygens (including phenoxy) is 2. The molecular weight excluding hydrogens is 422 g/mol. The molecule has 3 rings (SSSR count). The number of phenolic OH excluding ortho intramolecular Hbond substituents is 2. The van der Waals surface area contributed by atoms with E-state index in [1.807, 2.05) is 18.2 Å². The summed E-state index contributed by atoms with van der Waals surface area (Å²) >= 11 is 0. The SMILES string of the molecule is COc1cc(-c2ccc(C=C(C)C(=O)N=C(N)N)c(-c3ccc(O)c(OC)c3)c2)ccc1O. The van der Waals surface area contributed by atoms with Crippen molar-refractivity contribution in [2.24, 2.45) is 16.5 Å². The van der Waals surface area contributed by atoms with Crippen molar-refractivity contribution in [2.75, 3.05) is 14.2 Å². The first-order valence-electron chi connectivity index (χ1n) is 9.94. The van der Waals surface area contributed by atoms with E-state index in [-0.39, 0.29) is 17.5 Å². The van der Waals surface area contributed by atoms with Gasteiger partial charge < -0.3 is 31.2 Å².